The molecule has 3 nitrogen and oxygen atoms in total. The number of carbonyl (C=O) groups is 1. The van der Waals surface area contributed by atoms with E-state index >= 15 is 0 Å². The van der Waals surface area contributed by atoms with E-state index in [-0.39, 0.29) is 19.0 Å². The number of halogens is 3. The first-order chi connectivity index (χ1) is 9.58. The minimum atomic E-state index is -2.91. The van der Waals surface area contributed by atoms with Crippen molar-refractivity contribution in [3.05, 3.63) is 35.9 Å². The van der Waals surface area contributed by atoms with Gasteiger partial charge in [0.05, 0.1) is 5.41 Å². The lowest BCUT2D eigenvalue weighted by atomic mass is 9.91. The number of carbonyl (C=O) groups excluding carboxylic acids is 1. The summed E-state index contributed by atoms with van der Waals surface area (Å²) in [7, 11) is 0. The molecular weight excluding hydrogens is 300 g/mol. The summed E-state index contributed by atoms with van der Waals surface area (Å²) >= 11 is 0. The van der Waals surface area contributed by atoms with Crippen molar-refractivity contribution in [2.24, 2.45) is 11.3 Å². The van der Waals surface area contributed by atoms with Gasteiger partial charge in [0.1, 0.15) is 12.5 Å². The predicted molar refractivity (Wildman–Crippen MR) is 76.5 cm³/mol. The fraction of sp³-hybridized carbons (Fsp3) is 0.533. The number of hydrogen-bond acceptors (Lipinski definition) is 3. The Kier molecular flexibility index (Phi) is 4.54. The van der Waals surface area contributed by atoms with Crippen LogP contribution in [0.5, 0.6) is 0 Å². The van der Waals surface area contributed by atoms with Gasteiger partial charge in [-0.25, -0.2) is 8.78 Å². The second-order valence-electron chi connectivity index (χ2n) is 5.56. The Bertz CT molecular complexity index is 504. The Morgan fingerprint density at radius 1 is 1.24 bits per heavy atom. The van der Waals surface area contributed by atoms with Gasteiger partial charge in [-0.2, -0.15) is 0 Å². The van der Waals surface area contributed by atoms with Crippen LogP contribution in [-0.4, -0.2) is 25.0 Å². The number of benzene rings is 1. The lowest BCUT2D eigenvalue weighted by Gasteiger charge is -2.22. The van der Waals surface area contributed by atoms with E-state index in [4.69, 9.17) is 4.74 Å². The van der Waals surface area contributed by atoms with E-state index < -0.39 is 23.2 Å². The Labute approximate surface area is 128 Å². The molecule has 1 atom stereocenters. The second-order valence-corrected chi connectivity index (χ2v) is 5.56. The van der Waals surface area contributed by atoms with Gasteiger partial charge in [0.25, 0.3) is 5.92 Å². The summed E-state index contributed by atoms with van der Waals surface area (Å²) in [5.41, 5.74) is -0.351. The van der Waals surface area contributed by atoms with Crippen LogP contribution in [0.4, 0.5) is 8.78 Å². The minimum Gasteiger partial charge on any atom is -0.460 e. The molecule has 0 aromatic heterocycles. The van der Waals surface area contributed by atoms with Crippen molar-refractivity contribution < 1.29 is 18.3 Å². The lowest BCUT2D eigenvalue weighted by Crippen LogP contribution is -2.32. The highest BCUT2D eigenvalue weighted by Gasteiger charge is 2.83. The molecule has 1 aliphatic carbocycles. The first-order valence-corrected chi connectivity index (χ1v) is 6.87. The topological polar surface area (TPSA) is 38.3 Å². The highest BCUT2D eigenvalue weighted by molar-refractivity contribution is 5.85. The summed E-state index contributed by atoms with van der Waals surface area (Å²) in [6, 6.07) is 9.11. The molecule has 0 radical (unpaired) electrons. The quantitative estimate of drug-likeness (QED) is 0.871. The lowest BCUT2D eigenvalue weighted by molar-refractivity contribution is -0.149. The van der Waals surface area contributed by atoms with Crippen LogP contribution in [0.15, 0.2) is 30.3 Å². The van der Waals surface area contributed by atoms with Crippen LogP contribution in [-0.2, 0) is 16.1 Å². The number of esters is 1. The SMILES string of the molecule is Cl.O=C(OCc1ccccc1)[C@H]1C(F)(F)C12CCNCC2. The average molecular weight is 318 g/mol. The van der Waals surface area contributed by atoms with Crippen molar-refractivity contribution in [2.45, 2.75) is 25.4 Å². The largest absolute Gasteiger partial charge is 0.460 e. The van der Waals surface area contributed by atoms with Gasteiger partial charge in [-0.15, -0.1) is 12.4 Å². The van der Waals surface area contributed by atoms with Gasteiger partial charge in [0.15, 0.2) is 0 Å². The second kappa shape index (κ2) is 5.89. The zero-order valence-electron chi connectivity index (χ0n) is 11.5. The van der Waals surface area contributed by atoms with Crippen LogP contribution in [0.1, 0.15) is 18.4 Å². The Morgan fingerprint density at radius 2 is 1.86 bits per heavy atom. The van der Waals surface area contributed by atoms with E-state index in [0.717, 1.165) is 5.56 Å². The fourth-order valence-electron chi connectivity index (χ4n) is 3.19. The normalized spacial score (nSPS) is 25.0. The highest BCUT2D eigenvalue weighted by atomic mass is 35.5. The van der Waals surface area contributed by atoms with E-state index in [9.17, 15) is 13.6 Å². The molecule has 6 heteroatoms. The predicted octanol–water partition coefficient (Wildman–Crippen LogP) is 2.79. The van der Waals surface area contributed by atoms with E-state index in [1.165, 1.54) is 0 Å². The number of rotatable bonds is 3. The van der Waals surface area contributed by atoms with Crippen molar-refractivity contribution in [1.82, 2.24) is 5.32 Å². The molecule has 0 amide bonds. The number of alkyl halides is 2. The highest BCUT2D eigenvalue weighted by Crippen LogP contribution is 2.70. The Hall–Kier alpha value is -1.20. The van der Waals surface area contributed by atoms with Crippen LogP contribution >= 0.6 is 12.4 Å². The van der Waals surface area contributed by atoms with Crippen LogP contribution in [0.3, 0.4) is 0 Å². The molecule has 1 spiro atoms. The Morgan fingerprint density at radius 3 is 2.48 bits per heavy atom. The molecule has 1 aromatic rings. The molecule has 1 heterocycles. The van der Waals surface area contributed by atoms with E-state index in [0.29, 0.717) is 25.9 Å². The average Bonchev–Trinajstić information content (AvgIpc) is 2.92. The molecule has 1 saturated carbocycles. The van der Waals surface area contributed by atoms with Crippen LogP contribution in [0.2, 0.25) is 0 Å². The molecule has 21 heavy (non-hydrogen) atoms. The maximum atomic E-state index is 14.0. The standard InChI is InChI=1S/C15H17F2NO2.ClH/c16-15(17)12(14(15)6-8-18-9-7-14)13(19)20-10-11-4-2-1-3-5-11;/h1-5,12,18H,6-10H2;1H/t12-;/m1./s1. The monoisotopic (exact) mass is 317 g/mol. The molecular formula is C15H18ClF2NO2. The molecule has 1 aromatic carbocycles. The van der Waals surface area contributed by atoms with Gasteiger partial charge < -0.3 is 10.1 Å². The van der Waals surface area contributed by atoms with Gasteiger partial charge in [-0.3, -0.25) is 4.79 Å². The van der Waals surface area contributed by atoms with E-state index in [2.05, 4.69) is 5.32 Å². The summed E-state index contributed by atoms with van der Waals surface area (Å²) in [5.74, 6) is -4.94. The third-order valence-electron chi connectivity index (χ3n) is 4.45. The number of nitrogens with one attached hydrogen (secondary N) is 1. The van der Waals surface area contributed by atoms with Crippen LogP contribution < -0.4 is 5.32 Å². The maximum absolute atomic E-state index is 14.0. The first kappa shape index (κ1) is 16.2. The molecule has 0 unspecified atom stereocenters. The summed E-state index contributed by atoms with van der Waals surface area (Å²) in [5, 5.41) is 3.05. The summed E-state index contributed by atoms with van der Waals surface area (Å²) in [6.45, 7) is 1.14. The van der Waals surface area contributed by atoms with E-state index in [1.54, 1.807) is 12.1 Å². The number of ether oxygens (including phenoxy) is 1. The minimum absolute atomic E-state index is 0. The number of hydrogen-bond donors (Lipinski definition) is 1. The maximum Gasteiger partial charge on any atom is 0.316 e. The summed E-state index contributed by atoms with van der Waals surface area (Å²) in [6.07, 6.45) is 0.677. The molecule has 2 aliphatic rings. The number of piperidine rings is 1. The van der Waals surface area contributed by atoms with Crippen molar-refractivity contribution in [2.75, 3.05) is 13.1 Å². The molecule has 0 bridgehead atoms. The van der Waals surface area contributed by atoms with Gasteiger partial charge in [-0.1, -0.05) is 30.3 Å². The smallest absolute Gasteiger partial charge is 0.316 e. The van der Waals surface area contributed by atoms with Gasteiger partial charge >= 0.3 is 5.97 Å². The molecule has 1 saturated heterocycles. The molecule has 3 rings (SSSR count). The molecule has 2 fully saturated rings. The molecule has 116 valence electrons. The van der Waals surface area contributed by atoms with Gasteiger partial charge in [-0.05, 0) is 31.5 Å². The summed E-state index contributed by atoms with van der Waals surface area (Å²) < 4.78 is 33.0. The van der Waals surface area contributed by atoms with Crippen LogP contribution in [0, 0.1) is 11.3 Å². The third-order valence-corrected chi connectivity index (χ3v) is 4.45. The van der Waals surface area contributed by atoms with Gasteiger partial charge in [0, 0.05) is 0 Å². The molecule has 1 aliphatic heterocycles. The van der Waals surface area contributed by atoms with Gasteiger partial charge in [0.2, 0.25) is 0 Å². The Balaban J connectivity index is 0.00000161. The third kappa shape index (κ3) is 2.64. The molecule has 1 N–H and O–H groups in total. The first-order valence-electron chi connectivity index (χ1n) is 6.87. The van der Waals surface area contributed by atoms with Crippen LogP contribution in [0.25, 0.3) is 0 Å². The van der Waals surface area contributed by atoms with Crippen molar-refractivity contribution >= 4 is 18.4 Å². The van der Waals surface area contributed by atoms with Crippen molar-refractivity contribution in [3.63, 3.8) is 0 Å². The fourth-order valence-corrected chi connectivity index (χ4v) is 3.19. The van der Waals surface area contributed by atoms with Crippen molar-refractivity contribution in [1.29, 1.82) is 0 Å². The van der Waals surface area contributed by atoms with E-state index in [1.807, 2.05) is 18.2 Å². The summed E-state index contributed by atoms with van der Waals surface area (Å²) in [4.78, 5) is 11.9. The zero-order chi connectivity index (χ0) is 14.2. The zero-order valence-corrected chi connectivity index (χ0v) is 12.3. The van der Waals surface area contributed by atoms with Crippen molar-refractivity contribution in [3.8, 4) is 0 Å².